The molecular formula is C24H23N3O4. The summed E-state index contributed by atoms with van der Waals surface area (Å²) in [6.07, 6.45) is 3.50. The van der Waals surface area contributed by atoms with Gasteiger partial charge in [-0.2, -0.15) is 0 Å². The third-order valence-corrected chi connectivity index (χ3v) is 5.60. The molecular weight excluding hydrogens is 394 g/mol. The lowest BCUT2D eigenvalue weighted by Crippen LogP contribution is -2.42. The molecule has 7 heteroatoms. The highest BCUT2D eigenvalue weighted by atomic mass is 16.2. The van der Waals surface area contributed by atoms with Gasteiger partial charge in [-0.3, -0.25) is 29.1 Å². The van der Waals surface area contributed by atoms with Crippen molar-refractivity contribution in [2.75, 3.05) is 5.32 Å². The zero-order valence-electron chi connectivity index (χ0n) is 17.5. The molecule has 1 aliphatic carbocycles. The van der Waals surface area contributed by atoms with E-state index in [1.807, 2.05) is 32.0 Å². The summed E-state index contributed by atoms with van der Waals surface area (Å²) in [6.45, 7) is 3.68. The molecule has 0 unspecified atom stereocenters. The fourth-order valence-electron chi connectivity index (χ4n) is 4.22. The van der Waals surface area contributed by atoms with Crippen LogP contribution in [-0.4, -0.2) is 33.2 Å². The molecule has 1 saturated carbocycles. The third kappa shape index (κ3) is 4.21. The van der Waals surface area contributed by atoms with Gasteiger partial charge >= 0.3 is 0 Å². The van der Waals surface area contributed by atoms with Crippen molar-refractivity contribution in [3.63, 3.8) is 0 Å². The van der Waals surface area contributed by atoms with Crippen LogP contribution >= 0.6 is 0 Å². The molecule has 7 nitrogen and oxygen atoms in total. The highest BCUT2D eigenvalue weighted by Gasteiger charge is 2.42. The van der Waals surface area contributed by atoms with E-state index in [1.165, 1.54) is 0 Å². The quantitative estimate of drug-likeness (QED) is 0.502. The predicted octanol–water partition coefficient (Wildman–Crippen LogP) is 3.65. The first kappa shape index (κ1) is 20.8. The monoisotopic (exact) mass is 417 g/mol. The highest BCUT2D eigenvalue weighted by molar-refractivity contribution is 6.21. The van der Waals surface area contributed by atoms with Crippen molar-refractivity contribution >= 4 is 50.8 Å². The number of benzene rings is 1. The molecule has 1 amide bonds. The number of fused-ring (bicyclic) bond motifs is 3. The SMILES string of the molecule is CC1(C)CC(=O)C(C(=O)CCC(=O)Nc2cc3cccnc3c3ncccc23)C(=O)C1. The van der Waals surface area contributed by atoms with E-state index in [-0.39, 0.29) is 43.2 Å². The van der Waals surface area contributed by atoms with E-state index in [2.05, 4.69) is 15.3 Å². The van der Waals surface area contributed by atoms with Gasteiger partial charge in [0.1, 0.15) is 5.92 Å². The summed E-state index contributed by atoms with van der Waals surface area (Å²) in [6, 6.07) is 9.14. The molecule has 0 saturated heterocycles. The Morgan fingerprint density at radius 1 is 1.00 bits per heavy atom. The number of Topliss-reactive ketones (excluding diaryl/α,β-unsaturated/α-hetero) is 3. The van der Waals surface area contributed by atoms with Gasteiger partial charge in [0.2, 0.25) is 5.91 Å². The Hall–Kier alpha value is -3.48. The highest BCUT2D eigenvalue weighted by Crippen LogP contribution is 2.35. The predicted molar refractivity (Wildman–Crippen MR) is 116 cm³/mol. The average Bonchev–Trinajstić information content (AvgIpc) is 2.71. The van der Waals surface area contributed by atoms with Gasteiger partial charge in [0.05, 0.1) is 16.7 Å². The Labute approximate surface area is 179 Å². The molecule has 0 bridgehead atoms. The molecule has 158 valence electrons. The average molecular weight is 417 g/mol. The van der Waals surface area contributed by atoms with Crippen molar-refractivity contribution in [2.24, 2.45) is 11.3 Å². The Morgan fingerprint density at radius 2 is 1.65 bits per heavy atom. The van der Waals surface area contributed by atoms with Crippen LogP contribution in [0.5, 0.6) is 0 Å². The van der Waals surface area contributed by atoms with Crippen LogP contribution in [0.25, 0.3) is 21.8 Å². The number of aromatic nitrogens is 2. The molecule has 4 rings (SSSR count). The van der Waals surface area contributed by atoms with Gasteiger partial charge < -0.3 is 5.32 Å². The lowest BCUT2D eigenvalue weighted by Gasteiger charge is -2.31. The van der Waals surface area contributed by atoms with E-state index in [1.54, 1.807) is 24.5 Å². The number of amides is 1. The van der Waals surface area contributed by atoms with Gasteiger partial charge in [-0.05, 0) is 29.7 Å². The van der Waals surface area contributed by atoms with Crippen LogP contribution in [0.4, 0.5) is 5.69 Å². The van der Waals surface area contributed by atoms with Crippen molar-refractivity contribution in [1.29, 1.82) is 0 Å². The summed E-state index contributed by atoms with van der Waals surface area (Å²) in [4.78, 5) is 58.5. The smallest absolute Gasteiger partial charge is 0.224 e. The fraction of sp³-hybridized carbons (Fsp3) is 0.333. The number of ketones is 3. The van der Waals surface area contributed by atoms with Crippen molar-refractivity contribution < 1.29 is 19.2 Å². The van der Waals surface area contributed by atoms with E-state index < -0.39 is 17.1 Å². The number of pyridine rings is 2. The van der Waals surface area contributed by atoms with Crippen molar-refractivity contribution in [3.8, 4) is 0 Å². The van der Waals surface area contributed by atoms with Crippen molar-refractivity contribution in [2.45, 2.75) is 39.5 Å². The largest absolute Gasteiger partial charge is 0.325 e. The maximum atomic E-state index is 12.6. The number of rotatable bonds is 5. The van der Waals surface area contributed by atoms with E-state index in [9.17, 15) is 19.2 Å². The second kappa shape index (κ2) is 7.98. The minimum Gasteiger partial charge on any atom is -0.325 e. The maximum absolute atomic E-state index is 12.6. The van der Waals surface area contributed by atoms with Gasteiger partial charge in [-0.25, -0.2) is 0 Å². The first-order valence-electron chi connectivity index (χ1n) is 10.3. The molecule has 1 fully saturated rings. The molecule has 1 aromatic carbocycles. The van der Waals surface area contributed by atoms with E-state index in [4.69, 9.17) is 0 Å². The second-order valence-corrected chi connectivity index (χ2v) is 8.80. The first-order valence-corrected chi connectivity index (χ1v) is 10.3. The summed E-state index contributed by atoms with van der Waals surface area (Å²) in [7, 11) is 0. The van der Waals surface area contributed by atoms with E-state index in [0.717, 1.165) is 16.3 Å². The molecule has 1 aliphatic rings. The minimum atomic E-state index is -1.22. The molecule has 1 N–H and O–H groups in total. The number of nitrogens with one attached hydrogen (secondary N) is 1. The topological polar surface area (TPSA) is 106 Å². The lowest BCUT2D eigenvalue weighted by molar-refractivity contribution is -0.145. The molecule has 3 aromatic rings. The normalized spacial score (nSPS) is 16.6. The van der Waals surface area contributed by atoms with Gasteiger partial charge in [0.25, 0.3) is 0 Å². The lowest BCUT2D eigenvalue weighted by atomic mass is 9.70. The zero-order valence-corrected chi connectivity index (χ0v) is 17.5. The molecule has 31 heavy (non-hydrogen) atoms. The summed E-state index contributed by atoms with van der Waals surface area (Å²) in [5.74, 6) is -2.75. The summed E-state index contributed by atoms with van der Waals surface area (Å²) in [5, 5.41) is 4.42. The molecule has 0 atom stereocenters. The Bertz CT molecular complexity index is 1210. The van der Waals surface area contributed by atoms with Gasteiger partial charge in [-0.15, -0.1) is 0 Å². The molecule has 0 spiro atoms. The Balaban J connectivity index is 1.48. The van der Waals surface area contributed by atoms with Crippen LogP contribution in [0, 0.1) is 11.3 Å². The van der Waals surface area contributed by atoms with Gasteiger partial charge in [0, 0.05) is 48.8 Å². The standard InChI is InChI=1S/C24H23N3O4/c1-24(2)12-18(29)21(19(30)13-24)17(28)7-8-20(31)27-16-11-14-5-3-9-25-22(14)23-15(16)6-4-10-26-23/h3-6,9-11,21H,7-8,12-13H2,1-2H3,(H,27,31). The van der Waals surface area contributed by atoms with Crippen LogP contribution in [0.1, 0.15) is 39.5 Å². The van der Waals surface area contributed by atoms with E-state index in [0.29, 0.717) is 11.2 Å². The van der Waals surface area contributed by atoms with Gasteiger partial charge in [0.15, 0.2) is 17.3 Å². The number of nitrogens with zero attached hydrogens (tertiary/aromatic N) is 2. The Kier molecular flexibility index (Phi) is 5.35. The van der Waals surface area contributed by atoms with E-state index >= 15 is 0 Å². The number of anilines is 1. The summed E-state index contributed by atoms with van der Waals surface area (Å²) in [5.41, 5.74) is 1.58. The summed E-state index contributed by atoms with van der Waals surface area (Å²) >= 11 is 0. The van der Waals surface area contributed by atoms with Crippen LogP contribution in [0.3, 0.4) is 0 Å². The minimum absolute atomic E-state index is 0.105. The number of hydrogen-bond acceptors (Lipinski definition) is 6. The second-order valence-electron chi connectivity index (χ2n) is 8.80. The number of carbonyl (C=O) groups excluding carboxylic acids is 4. The third-order valence-electron chi connectivity index (χ3n) is 5.60. The molecule has 0 radical (unpaired) electrons. The molecule has 2 heterocycles. The summed E-state index contributed by atoms with van der Waals surface area (Å²) < 4.78 is 0. The van der Waals surface area contributed by atoms with Crippen LogP contribution in [0.2, 0.25) is 0 Å². The van der Waals surface area contributed by atoms with Crippen LogP contribution < -0.4 is 5.32 Å². The zero-order chi connectivity index (χ0) is 22.2. The molecule has 2 aromatic heterocycles. The maximum Gasteiger partial charge on any atom is 0.224 e. The first-order chi connectivity index (χ1) is 14.7. The Morgan fingerprint density at radius 3 is 2.35 bits per heavy atom. The van der Waals surface area contributed by atoms with Gasteiger partial charge in [-0.1, -0.05) is 19.9 Å². The van der Waals surface area contributed by atoms with Crippen molar-refractivity contribution in [3.05, 3.63) is 42.7 Å². The van der Waals surface area contributed by atoms with Crippen LogP contribution in [0.15, 0.2) is 42.7 Å². The van der Waals surface area contributed by atoms with Crippen molar-refractivity contribution in [1.82, 2.24) is 9.97 Å². The number of hydrogen-bond donors (Lipinski definition) is 1. The number of carbonyl (C=O) groups is 4. The van der Waals surface area contributed by atoms with Crippen LogP contribution in [-0.2, 0) is 19.2 Å². The molecule has 0 aliphatic heterocycles. The fourth-order valence-corrected chi connectivity index (χ4v) is 4.22.